The summed E-state index contributed by atoms with van der Waals surface area (Å²) in [6, 6.07) is 6.77. The maximum atomic E-state index is 5.60. The van der Waals surface area contributed by atoms with E-state index in [1.807, 2.05) is 13.3 Å². The van der Waals surface area contributed by atoms with E-state index in [0.29, 0.717) is 6.04 Å². The van der Waals surface area contributed by atoms with Crippen LogP contribution < -0.4 is 5.32 Å². The molecule has 1 aromatic heterocycles. The van der Waals surface area contributed by atoms with Crippen LogP contribution in [-0.2, 0) is 6.42 Å². The highest BCUT2D eigenvalue weighted by atomic mass is 16.3. The second-order valence-corrected chi connectivity index (χ2v) is 4.11. The van der Waals surface area contributed by atoms with Gasteiger partial charge in [-0.25, -0.2) is 0 Å². The zero-order chi connectivity index (χ0) is 10.8. The van der Waals surface area contributed by atoms with Gasteiger partial charge in [0.05, 0.1) is 6.26 Å². The van der Waals surface area contributed by atoms with Gasteiger partial charge >= 0.3 is 0 Å². The first-order chi connectivity index (χ1) is 7.22. The van der Waals surface area contributed by atoms with Gasteiger partial charge in [0.1, 0.15) is 5.58 Å². The molecule has 1 unspecified atom stereocenters. The van der Waals surface area contributed by atoms with Crippen molar-refractivity contribution in [3.05, 3.63) is 35.6 Å². The van der Waals surface area contributed by atoms with E-state index < -0.39 is 0 Å². The highest BCUT2D eigenvalue weighted by Crippen LogP contribution is 2.24. The molecule has 2 aromatic rings. The van der Waals surface area contributed by atoms with Crippen molar-refractivity contribution < 1.29 is 4.42 Å². The van der Waals surface area contributed by atoms with Gasteiger partial charge in [0.25, 0.3) is 0 Å². The van der Waals surface area contributed by atoms with Crippen LogP contribution in [0.4, 0.5) is 0 Å². The fourth-order valence-electron chi connectivity index (χ4n) is 1.85. The van der Waals surface area contributed by atoms with Crippen LogP contribution in [-0.4, -0.2) is 13.1 Å². The quantitative estimate of drug-likeness (QED) is 0.829. The largest absolute Gasteiger partial charge is 0.464 e. The lowest BCUT2D eigenvalue weighted by atomic mass is 10.0. The summed E-state index contributed by atoms with van der Waals surface area (Å²) >= 11 is 0. The number of rotatable bonds is 3. The van der Waals surface area contributed by atoms with Crippen LogP contribution in [0.5, 0.6) is 0 Å². The molecule has 2 heteroatoms. The predicted octanol–water partition coefficient (Wildman–Crippen LogP) is 2.89. The van der Waals surface area contributed by atoms with Crippen LogP contribution in [0.3, 0.4) is 0 Å². The normalized spacial score (nSPS) is 13.3. The van der Waals surface area contributed by atoms with Gasteiger partial charge in [-0.3, -0.25) is 0 Å². The topological polar surface area (TPSA) is 25.2 Å². The molecule has 0 radical (unpaired) electrons. The van der Waals surface area contributed by atoms with Gasteiger partial charge in [0.15, 0.2) is 0 Å². The van der Waals surface area contributed by atoms with Gasteiger partial charge in [0.2, 0.25) is 0 Å². The maximum absolute atomic E-state index is 5.60. The standard InChI is InChI=1S/C13H17NO/c1-9-5-4-6-12-11(7-10(2)14-3)8-15-13(9)12/h4-6,8,10,14H,7H2,1-3H3. The first-order valence-electron chi connectivity index (χ1n) is 5.35. The number of likely N-dealkylation sites (N-methyl/N-ethyl adjacent to an activating group) is 1. The number of furan rings is 1. The van der Waals surface area contributed by atoms with Crippen molar-refractivity contribution in [3.8, 4) is 0 Å². The van der Waals surface area contributed by atoms with E-state index in [-0.39, 0.29) is 0 Å². The fraction of sp³-hybridized carbons (Fsp3) is 0.385. The van der Waals surface area contributed by atoms with Crippen LogP contribution in [0.1, 0.15) is 18.1 Å². The Morgan fingerprint density at radius 3 is 2.93 bits per heavy atom. The predicted molar refractivity (Wildman–Crippen MR) is 63.2 cm³/mol. The molecule has 0 fully saturated rings. The molecular weight excluding hydrogens is 186 g/mol. The number of aryl methyl sites for hydroxylation is 1. The molecule has 0 saturated carbocycles. The summed E-state index contributed by atoms with van der Waals surface area (Å²) in [4.78, 5) is 0. The average molecular weight is 203 g/mol. The molecule has 0 aliphatic rings. The van der Waals surface area contributed by atoms with E-state index in [1.165, 1.54) is 16.5 Å². The zero-order valence-electron chi connectivity index (χ0n) is 9.50. The Morgan fingerprint density at radius 2 is 2.20 bits per heavy atom. The lowest BCUT2D eigenvalue weighted by Gasteiger charge is -2.07. The van der Waals surface area contributed by atoms with Gasteiger partial charge in [-0.05, 0) is 38.4 Å². The van der Waals surface area contributed by atoms with Crippen LogP contribution >= 0.6 is 0 Å². The maximum Gasteiger partial charge on any atom is 0.137 e. The molecule has 15 heavy (non-hydrogen) atoms. The minimum Gasteiger partial charge on any atom is -0.464 e. The third-order valence-electron chi connectivity index (χ3n) is 2.90. The van der Waals surface area contributed by atoms with E-state index in [2.05, 4.69) is 37.4 Å². The third kappa shape index (κ3) is 1.90. The van der Waals surface area contributed by atoms with E-state index in [4.69, 9.17) is 4.42 Å². The Hall–Kier alpha value is -1.28. The van der Waals surface area contributed by atoms with Crippen LogP contribution in [0.15, 0.2) is 28.9 Å². The molecular formula is C13H17NO. The fourth-order valence-corrected chi connectivity index (χ4v) is 1.85. The van der Waals surface area contributed by atoms with Crippen molar-refractivity contribution in [1.29, 1.82) is 0 Å². The summed E-state index contributed by atoms with van der Waals surface area (Å²) in [5.74, 6) is 0. The molecule has 0 amide bonds. The summed E-state index contributed by atoms with van der Waals surface area (Å²) < 4.78 is 5.60. The Kier molecular flexibility index (Phi) is 2.78. The zero-order valence-corrected chi connectivity index (χ0v) is 9.50. The van der Waals surface area contributed by atoms with Crippen molar-refractivity contribution in [3.63, 3.8) is 0 Å². The van der Waals surface area contributed by atoms with Crippen LogP contribution in [0.25, 0.3) is 11.0 Å². The van der Waals surface area contributed by atoms with E-state index >= 15 is 0 Å². The summed E-state index contributed by atoms with van der Waals surface area (Å²) in [7, 11) is 1.98. The van der Waals surface area contributed by atoms with Gasteiger partial charge < -0.3 is 9.73 Å². The molecule has 2 nitrogen and oxygen atoms in total. The van der Waals surface area contributed by atoms with Crippen molar-refractivity contribution in [2.24, 2.45) is 0 Å². The highest BCUT2D eigenvalue weighted by Gasteiger charge is 2.09. The van der Waals surface area contributed by atoms with Gasteiger partial charge in [0, 0.05) is 11.4 Å². The second kappa shape index (κ2) is 4.07. The molecule has 80 valence electrons. The minimum atomic E-state index is 0.478. The molecule has 0 aliphatic carbocycles. The number of benzene rings is 1. The number of para-hydroxylation sites is 1. The Bertz CT molecular complexity index is 459. The average Bonchev–Trinajstić information content (AvgIpc) is 2.63. The van der Waals surface area contributed by atoms with E-state index in [0.717, 1.165) is 12.0 Å². The lowest BCUT2D eigenvalue weighted by molar-refractivity contribution is 0.582. The summed E-state index contributed by atoms with van der Waals surface area (Å²) in [6.45, 7) is 4.26. The number of hydrogen-bond donors (Lipinski definition) is 1. The van der Waals surface area contributed by atoms with Crippen LogP contribution in [0, 0.1) is 6.92 Å². The lowest BCUT2D eigenvalue weighted by Crippen LogP contribution is -2.23. The molecule has 1 atom stereocenters. The van der Waals surface area contributed by atoms with Crippen molar-refractivity contribution in [2.45, 2.75) is 26.3 Å². The second-order valence-electron chi connectivity index (χ2n) is 4.11. The summed E-state index contributed by atoms with van der Waals surface area (Å²) in [5, 5.41) is 4.49. The van der Waals surface area contributed by atoms with E-state index in [9.17, 15) is 0 Å². The third-order valence-corrected chi connectivity index (χ3v) is 2.90. The monoisotopic (exact) mass is 203 g/mol. The summed E-state index contributed by atoms with van der Waals surface area (Å²) in [6.07, 6.45) is 2.89. The van der Waals surface area contributed by atoms with Crippen LogP contribution in [0.2, 0.25) is 0 Å². The molecule has 0 aliphatic heterocycles. The SMILES string of the molecule is CNC(C)Cc1coc2c(C)cccc12. The number of fused-ring (bicyclic) bond motifs is 1. The first kappa shape index (κ1) is 10.2. The number of hydrogen-bond acceptors (Lipinski definition) is 2. The van der Waals surface area contributed by atoms with Gasteiger partial charge in [-0.1, -0.05) is 18.2 Å². The molecule has 0 bridgehead atoms. The smallest absolute Gasteiger partial charge is 0.137 e. The Balaban J connectivity index is 2.41. The summed E-state index contributed by atoms with van der Waals surface area (Å²) in [5.41, 5.74) is 3.52. The minimum absolute atomic E-state index is 0.478. The molecule has 1 N–H and O–H groups in total. The molecule has 2 rings (SSSR count). The van der Waals surface area contributed by atoms with E-state index in [1.54, 1.807) is 0 Å². The van der Waals surface area contributed by atoms with Crippen molar-refractivity contribution in [2.75, 3.05) is 7.05 Å². The Labute approximate surface area is 90.3 Å². The van der Waals surface area contributed by atoms with Gasteiger partial charge in [-0.2, -0.15) is 0 Å². The first-order valence-corrected chi connectivity index (χ1v) is 5.35. The van der Waals surface area contributed by atoms with Gasteiger partial charge in [-0.15, -0.1) is 0 Å². The molecule has 1 aromatic carbocycles. The van der Waals surface area contributed by atoms with Crippen molar-refractivity contribution in [1.82, 2.24) is 5.32 Å². The van der Waals surface area contributed by atoms with Crippen molar-refractivity contribution >= 4 is 11.0 Å². The highest BCUT2D eigenvalue weighted by molar-refractivity contribution is 5.83. The molecule has 1 heterocycles. The molecule has 0 spiro atoms. The number of nitrogens with one attached hydrogen (secondary N) is 1. The Morgan fingerprint density at radius 1 is 1.40 bits per heavy atom. The molecule has 0 saturated heterocycles.